The zero-order chi connectivity index (χ0) is 22.1. The van der Waals surface area contributed by atoms with Crippen LogP contribution in [0.5, 0.6) is 0 Å². The number of anilines is 1. The number of nitrogens with zero attached hydrogens (tertiary/aromatic N) is 4. The lowest BCUT2D eigenvalue weighted by atomic mass is 10.1. The minimum atomic E-state index is -4.13. The molecule has 0 unspecified atom stereocenters. The third kappa shape index (κ3) is 3.92. The summed E-state index contributed by atoms with van der Waals surface area (Å²) in [6, 6.07) is 8.75. The fourth-order valence-electron chi connectivity index (χ4n) is 3.11. The van der Waals surface area contributed by atoms with Gasteiger partial charge in [-0.15, -0.1) is 0 Å². The fourth-order valence-corrected chi connectivity index (χ4v) is 4.69. The van der Waals surface area contributed by atoms with E-state index in [4.69, 9.17) is 5.73 Å². The Balaban J connectivity index is 1.76. The highest BCUT2D eigenvalue weighted by Crippen LogP contribution is 2.28. The molecule has 1 fully saturated rings. The van der Waals surface area contributed by atoms with E-state index in [9.17, 15) is 33.4 Å². The molecule has 1 saturated heterocycles. The molecular formula is C17H17N5O7S. The molecule has 12 nitrogen and oxygen atoms in total. The fraction of sp³-hybridized carbons (Fsp3) is 0.235. The van der Waals surface area contributed by atoms with Crippen molar-refractivity contribution in [3.63, 3.8) is 0 Å². The van der Waals surface area contributed by atoms with E-state index in [1.807, 2.05) is 0 Å². The molecule has 30 heavy (non-hydrogen) atoms. The molecule has 1 aliphatic rings. The van der Waals surface area contributed by atoms with Gasteiger partial charge in [0, 0.05) is 43.9 Å². The first-order valence-electron chi connectivity index (χ1n) is 8.69. The molecule has 0 atom stereocenters. The predicted octanol–water partition coefficient (Wildman–Crippen LogP) is 1.23. The Hall–Kier alpha value is -3.58. The highest BCUT2D eigenvalue weighted by Gasteiger charge is 2.34. The van der Waals surface area contributed by atoms with E-state index in [1.54, 1.807) is 0 Å². The number of para-hydroxylation sites is 1. The Morgan fingerprint density at radius 1 is 0.933 bits per heavy atom. The predicted molar refractivity (Wildman–Crippen MR) is 105 cm³/mol. The molecule has 3 rings (SSSR count). The van der Waals surface area contributed by atoms with Crippen molar-refractivity contribution in [3.05, 3.63) is 68.3 Å². The number of benzene rings is 2. The largest absolute Gasteiger partial charge is 0.393 e. The van der Waals surface area contributed by atoms with Gasteiger partial charge in [-0.05, 0) is 18.2 Å². The number of hydrogen-bond donors (Lipinski definition) is 1. The van der Waals surface area contributed by atoms with Gasteiger partial charge in [-0.25, -0.2) is 8.42 Å². The Bertz CT molecular complexity index is 1130. The second-order valence-electron chi connectivity index (χ2n) is 6.45. The van der Waals surface area contributed by atoms with Crippen LogP contribution < -0.4 is 5.73 Å². The van der Waals surface area contributed by atoms with Crippen molar-refractivity contribution in [1.82, 2.24) is 9.21 Å². The molecule has 158 valence electrons. The maximum absolute atomic E-state index is 12.8. The molecule has 1 amide bonds. The van der Waals surface area contributed by atoms with Crippen LogP contribution in [0.15, 0.2) is 47.4 Å². The van der Waals surface area contributed by atoms with Crippen LogP contribution >= 0.6 is 0 Å². The molecule has 0 aromatic heterocycles. The van der Waals surface area contributed by atoms with Crippen molar-refractivity contribution in [1.29, 1.82) is 0 Å². The second-order valence-corrected chi connectivity index (χ2v) is 8.36. The van der Waals surface area contributed by atoms with Gasteiger partial charge >= 0.3 is 0 Å². The monoisotopic (exact) mass is 435 g/mol. The minimum absolute atomic E-state index is 0.0247. The Labute approximate surface area is 170 Å². The summed E-state index contributed by atoms with van der Waals surface area (Å²) in [5.41, 5.74) is 4.61. The Kier molecular flexibility index (Phi) is 5.67. The van der Waals surface area contributed by atoms with Crippen molar-refractivity contribution < 1.29 is 23.1 Å². The first-order valence-corrected chi connectivity index (χ1v) is 10.1. The molecular weight excluding hydrogens is 418 g/mol. The van der Waals surface area contributed by atoms with Crippen molar-refractivity contribution in [2.75, 3.05) is 31.9 Å². The van der Waals surface area contributed by atoms with Crippen LogP contribution in [0, 0.1) is 20.2 Å². The van der Waals surface area contributed by atoms with Gasteiger partial charge in [-0.3, -0.25) is 25.0 Å². The third-order valence-electron chi connectivity index (χ3n) is 4.68. The minimum Gasteiger partial charge on any atom is -0.393 e. The molecule has 13 heteroatoms. The van der Waals surface area contributed by atoms with Crippen LogP contribution in [0.1, 0.15) is 10.4 Å². The number of nitro groups is 2. The van der Waals surface area contributed by atoms with Crippen LogP contribution in [-0.4, -0.2) is 59.6 Å². The van der Waals surface area contributed by atoms with Crippen LogP contribution in [0.4, 0.5) is 17.1 Å². The third-order valence-corrected chi connectivity index (χ3v) is 6.63. The number of amides is 1. The second kappa shape index (κ2) is 8.04. The SMILES string of the molecule is Nc1ccc(C(=O)N2CCN(S(=O)(=O)c3ccccc3[N+](=O)[O-])CC2)cc1[N+](=O)[O-]. The lowest BCUT2D eigenvalue weighted by molar-refractivity contribution is -0.387. The molecule has 2 aromatic rings. The van der Waals surface area contributed by atoms with Crippen LogP contribution in [0.25, 0.3) is 0 Å². The smallest absolute Gasteiger partial charge is 0.292 e. The maximum atomic E-state index is 12.8. The molecule has 0 aliphatic carbocycles. The average molecular weight is 435 g/mol. The van der Waals surface area contributed by atoms with Crippen LogP contribution in [0.3, 0.4) is 0 Å². The van der Waals surface area contributed by atoms with Crippen molar-refractivity contribution >= 4 is 33.0 Å². The van der Waals surface area contributed by atoms with E-state index in [2.05, 4.69) is 0 Å². The summed E-state index contributed by atoms with van der Waals surface area (Å²) in [5, 5.41) is 22.2. The lowest BCUT2D eigenvalue weighted by Crippen LogP contribution is -2.50. The summed E-state index contributed by atoms with van der Waals surface area (Å²) in [4.78, 5) is 34.3. The highest BCUT2D eigenvalue weighted by atomic mass is 32.2. The molecule has 0 saturated carbocycles. The number of carbonyl (C=O) groups is 1. The summed E-state index contributed by atoms with van der Waals surface area (Å²) < 4.78 is 26.8. The van der Waals surface area contributed by atoms with Crippen molar-refractivity contribution in [2.45, 2.75) is 4.90 Å². The summed E-state index contributed by atoms with van der Waals surface area (Å²) in [6.07, 6.45) is 0. The first-order chi connectivity index (χ1) is 14.1. The van der Waals surface area contributed by atoms with Gasteiger partial charge in [-0.1, -0.05) is 12.1 Å². The normalized spacial score (nSPS) is 15.0. The molecule has 1 aliphatic heterocycles. The number of rotatable bonds is 5. The summed E-state index contributed by atoms with van der Waals surface area (Å²) >= 11 is 0. The van der Waals surface area contributed by atoms with Gasteiger partial charge in [-0.2, -0.15) is 4.31 Å². The molecule has 2 aromatic carbocycles. The zero-order valence-corrected chi connectivity index (χ0v) is 16.3. The summed E-state index contributed by atoms with van der Waals surface area (Å²) in [5.74, 6) is -0.499. The van der Waals surface area contributed by atoms with E-state index >= 15 is 0 Å². The Morgan fingerprint density at radius 2 is 1.53 bits per heavy atom. The van der Waals surface area contributed by atoms with Gasteiger partial charge in [0.2, 0.25) is 10.0 Å². The standard InChI is InChI=1S/C17H17N5O7S/c18-13-6-5-12(11-15(13)22(26)27)17(23)19-7-9-20(10-8-19)30(28,29)16-4-2-1-3-14(16)21(24)25/h1-6,11H,7-10,18H2. The molecule has 2 N–H and O–H groups in total. The topological polar surface area (TPSA) is 170 Å². The number of carbonyl (C=O) groups excluding carboxylic acids is 1. The number of hydrogen-bond acceptors (Lipinski definition) is 8. The first kappa shape index (κ1) is 21.1. The number of sulfonamides is 1. The number of nitro benzene ring substituents is 2. The van der Waals surface area contributed by atoms with E-state index in [-0.39, 0.29) is 37.4 Å². The van der Waals surface area contributed by atoms with Crippen molar-refractivity contribution in [3.8, 4) is 0 Å². The molecule has 0 spiro atoms. The van der Waals surface area contributed by atoms with E-state index < -0.39 is 42.0 Å². The van der Waals surface area contributed by atoms with E-state index in [1.165, 1.54) is 35.2 Å². The zero-order valence-electron chi connectivity index (χ0n) is 15.5. The lowest BCUT2D eigenvalue weighted by Gasteiger charge is -2.34. The number of nitrogen functional groups attached to an aromatic ring is 1. The molecule has 1 heterocycles. The van der Waals surface area contributed by atoms with Crippen LogP contribution in [0.2, 0.25) is 0 Å². The summed E-state index contributed by atoms with van der Waals surface area (Å²) in [7, 11) is -4.13. The maximum Gasteiger partial charge on any atom is 0.292 e. The van der Waals surface area contributed by atoms with Gasteiger partial charge < -0.3 is 10.6 Å². The van der Waals surface area contributed by atoms with Crippen molar-refractivity contribution in [2.24, 2.45) is 0 Å². The Morgan fingerprint density at radius 3 is 2.13 bits per heavy atom. The van der Waals surface area contributed by atoms with Crippen LogP contribution in [-0.2, 0) is 10.0 Å². The van der Waals surface area contributed by atoms with E-state index in [0.717, 1.165) is 16.4 Å². The summed E-state index contributed by atoms with van der Waals surface area (Å²) in [6.45, 7) is -0.0951. The number of piperazine rings is 1. The van der Waals surface area contributed by atoms with Gasteiger partial charge in [0.1, 0.15) is 5.69 Å². The van der Waals surface area contributed by atoms with E-state index in [0.29, 0.717) is 0 Å². The average Bonchev–Trinajstić information content (AvgIpc) is 2.73. The van der Waals surface area contributed by atoms with Gasteiger partial charge in [0.25, 0.3) is 17.3 Å². The van der Waals surface area contributed by atoms with Gasteiger partial charge in [0.05, 0.1) is 9.85 Å². The number of nitrogens with two attached hydrogens (primary N) is 1. The quantitative estimate of drug-likeness (QED) is 0.415. The van der Waals surface area contributed by atoms with Gasteiger partial charge in [0.15, 0.2) is 4.90 Å². The highest BCUT2D eigenvalue weighted by molar-refractivity contribution is 7.89. The molecule has 0 bridgehead atoms. The molecule has 0 radical (unpaired) electrons.